The van der Waals surface area contributed by atoms with Crippen molar-refractivity contribution in [2.75, 3.05) is 17.9 Å². The number of anilines is 1. The van der Waals surface area contributed by atoms with Crippen LogP contribution < -0.4 is 9.46 Å². The molecule has 0 radical (unpaired) electrons. The van der Waals surface area contributed by atoms with E-state index in [-0.39, 0.29) is 16.8 Å². The highest BCUT2D eigenvalue weighted by atomic mass is 32.2. The maximum atomic E-state index is 13.3. The number of benzene rings is 3. The Hall–Kier alpha value is -3.32. The number of rotatable bonds is 8. The third kappa shape index (κ3) is 5.54. The number of amides is 1. The lowest BCUT2D eigenvalue weighted by Crippen LogP contribution is -2.36. The summed E-state index contributed by atoms with van der Waals surface area (Å²) < 4.78 is 33.6. The Morgan fingerprint density at radius 1 is 1.03 bits per heavy atom. The Labute approximate surface area is 195 Å². The van der Waals surface area contributed by atoms with Gasteiger partial charge in [0.1, 0.15) is 5.75 Å². The lowest BCUT2D eigenvalue weighted by molar-refractivity contribution is 0.0736. The molecule has 1 amide bonds. The van der Waals surface area contributed by atoms with Crippen LogP contribution in [0.25, 0.3) is 0 Å². The van der Waals surface area contributed by atoms with E-state index in [1.807, 2.05) is 30.0 Å². The molecular weight excluding hydrogens is 436 g/mol. The second-order valence-corrected chi connectivity index (χ2v) is 9.76. The van der Waals surface area contributed by atoms with Crippen LogP contribution in [0.5, 0.6) is 5.75 Å². The van der Waals surface area contributed by atoms with Crippen molar-refractivity contribution in [1.29, 1.82) is 0 Å². The maximum absolute atomic E-state index is 13.3. The van der Waals surface area contributed by atoms with E-state index in [1.54, 1.807) is 36.4 Å². The van der Waals surface area contributed by atoms with Gasteiger partial charge < -0.3 is 9.64 Å². The van der Waals surface area contributed by atoms with Crippen LogP contribution in [0.2, 0.25) is 0 Å². The fraction of sp³-hybridized carbons (Fsp3) is 0.269. The minimum atomic E-state index is -3.79. The minimum absolute atomic E-state index is 0.0736. The van der Waals surface area contributed by atoms with Crippen LogP contribution in [-0.4, -0.2) is 38.4 Å². The van der Waals surface area contributed by atoms with Gasteiger partial charge in [0.25, 0.3) is 15.9 Å². The summed E-state index contributed by atoms with van der Waals surface area (Å²) >= 11 is 0. The topological polar surface area (TPSA) is 75.7 Å². The molecule has 1 heterocycles. The van der Waals surface area contributed by atoms with Crippen LogP contribution >= 0.6 is 0 Å². The van der Waals surface area contributed by atoms with Gasteiger partial charge >= 0.3 is 0 Å². The summed E-state index contributed by atoms with van der Waals surface area (Å²) in [5.41, 5.74) is 2.04. The van der Waals surface area contributed by atoms with Gasteiger partial charge in [0.15, 0.2) is 0 Å². The fourth-order valence-electron chi connectivity index (χ4n) is 4.18. The zero-order valence-electron chi connectivity index (χ0n) is 18.6. The number of carbonyl (C=O) groups excluding carboxylic acids is 1. The Morgan fingerprint density at radius 2 is 1.79 bits per heavy atom. The molecular formula is C26H28N2O4S. The summed E-state index contributed by atoms with van der Waals surface area (Å²) in [5, 5.41) is 0. The average molecular weight is 465 g/mol. The molecule has 1 fully saturated rings. The molecule has 0 aliphatic carbocycles. The van der Waals surface area contributed by atoms with E-state index in [1.165, 1.54) is 17.7 Å². The largest absolute Gasteiger partial charge is 0.494 e. The molecule has 4 rings (SSSR count). The zero-order valence-corrected chi connectivity index (χ0v) is 19.4. The van der Waals surface area contributed by atoms with Crippen molar-refractivity contribution in [1.82, 2.24) is 4.90 Å². The lowest BCUT2D eigenvalue weighted by Gasteiger charge is -2.25. The van der Waals surface area contributed by atoms with Crippen LogP contribution in [0.15, 0.2) is 83.8 Å². The molecule has 1 aliphatic heterocycles. The van der Waals surface area contributed by atoms with Gasteiger partial charge in [-0.2, -0.15) is 0 Å². The van der Waals surface area contributed by atoms with E-state index < -0.39 is 10.0 Å². The third-order valence-corrected chi connectivity index (χ3v) is 7.16. The van der Waals surface area contributed by atoms with Crippen molar-refractivity contribution in [2.45, 2.75) is 37.1 Å². The highest BCUT2D eigenvalue weighted by Crippen LogP contribution is 2.25. The van der Waals surface area contributed by atoms with Crippen molar-refractivity contribution >= 4 is 21.6 Å². The molecule has 1 unspecified atom stereocenters. The van der Waals surface area contributed by atoms with Gasteiger partial charge in [0.2, 0.25) is 0 Å². The molecule has 3 aromatic rings. The van der Waals surface area contributed by atoms with Crippen LogP contribution in [0, 0.1) is 0 Å². The lowest BCUT2D eigenvalue weighted by atomic mass is 10.0. The van der Waals surface area contributed by atoms with E-state index in [0.717, 1.165) is 19.3 Å². The van der Waals surface area contributed by atoms with Crippen LogP contribution in [0.3, 0.4) is 0 Å². The fourth-order valence-corrected chi connectivity index (χ4v) is 5.23. The molecule has 33 heavy (non-hydrogen) atoms. The Kier molecular flexibility index (Phi) is 6.99. The van der Waals surface area contributed by atoms with Gasteiger partial charge in [-0.05, 0) is 74.2 Å². The number of carbonyl (C=O) groups is 1. The standard InChI is InChI=1S/C26H28N2O4S/c1-2-32-24-13-15-25(16-14-24)33(30,31)27-22-11-6-10-21(19-22)26(29)28-17-7-12-23(28)18-20-8-4-3-5-9-20/h3-6,8-11,13-16,19,23,27H,2,7,12,17-18H2,1H3. The number of hydrogen-bond donors (Lipinski definition) is 1. The summed E-state index contributed by atoms with van der Waals surface area (Å²) in [7, 11) is -3.79. The van der Waals surface area contributed by atoms with E-state index >= 15 is 0 Å². The first kappa shape index (κ1) is 22.9. The highest BCUT2D eigenvalue weighted by molar-refractivity contribution is 7.92. The number of nitrogens with zero attached hydrogens (tertiary/aromatic N) is 1. The second-order valence-electron chi connectivity index (χ2n) is 8.08. The molecule has 7 heteroatoms. The predicted molar refractivity (Wildman–Crippen MR) is 129 cm³/mol. The second kappa shape index (κ2) is 10.1. The van der Waals surface area contributed by atoms with Crippen LogP contribution in [-0.2, 0) is 16.4 Å². The van der Waals surface area contributed by atoms with Gasteiger partial charge in [-0.3, -0.25) is 9.52 Å². The van der Waals surface area contributed by atoms with Crippen molar-refractivity contribution in [3.63, 3.8) is 0 Å². The van der Waals surface area contributed by atoms with Gasteiger partial charge in [0.05, 0.1) is 11.5 Å². The first-order chi connectivity index (χ1) is 16.0. The highest BCUT2D eigenvalue weighted by Gasteiger charge is 2.29. The molecule has 1 N–H and O–H groups in total. The maximum Gasteiger partial charge on any atom is 0.261 e. The van der Waals surface area contributed by atoms with Crippen LogP contribution in [0.1, 0.15) is 35.7 Å². The van der Waals surface area contributed by atoms with Gasteiger partial charge in [0, 0.05) is 23.8 Å². The number of nitrogens with one attached hydrogen (secondary N) is 1. The molecule has 1 saturated heterocycles. The van der Waals surface area contributed by atoms with Crippen LogP contribution in [0.4, 0.5) is 5.69 Å². The first-order valence-electron chi connectivity index (χ1n) is 11.2. The van der Waals surface area contributed by atoms with Crippen molar-refractivity contribution < 1.29 is 17.9 Å². The quantitative estimate of drug-likeness (QED) is 0.523. The molecule has 0 bridgehead atoms. The van der Waals surface area contributed by atoms with Crippen molar-refractivity contribution in [2.24, 2.45) is 0 Å². The van der Waals surface area contributed by atoms with Gasteiger partial charge in [-0.25, -0.2) is 8.42 Å². The summed E-state index contributed by atoms with van der Waals surface area (Å²) in [6.07, 6.45) is 2.74. The Balaban J connectivity index is 1.48. The number of sulfonamides is 1. The molecule has 3 aromatic carbocycles. The van der Waals surface area contributed by atoms with E-state index in [2.05, 4.69) is 16.9 Å². The average Bonchev–Trinajstić information content (AvgIpc) is 3.28. The normalized spacial score (nSPS) is 15.9. The monoisotopic (exact) mass is 464 g/mol. The zero-order chi connectivity index (χ0) is 23.3. The smallest absolute Gasteiger partial charge is 0.261 e. The molecule has 0 spiro atoms. The minimum Gasteiger partial charge on any atom is -0.494 e. The SMILES string of the molecule is CCOc1ccc(S(=O)(=O)Nc2cccc(C(=O)N3CCCC3Cc3ccccc3)c2)cc1. The molecule has 6 nitrogen and oxygen atoms in total. The summed E-state index contributed by atoms with van der Waals surface area (Å²) in [6, 6.07) is 23.2. The van der Waals surface area contributed by atoms with Gasteiger partial charge in [-0.15, -0.1) is 0 Å². The van der Waals surface area contributed by atoms with Crippen molar-refractivity contribution in [3.8, 4) is 5.75 Å². The number of ether oxygens (including phenoxy) is 1. The molecule has 1 aliphatic rings. The number of hydrogen-bond acceptors (Lipinski definition) is 4. The molecule has 172 valence electrons. The first-order valence-corrected chi connectivity index (χ1v) is 12.7. The third-order valence-electron chi connectivity index (χ3n) is 5.76. The summed E-state index contributed by atoms with van der Waals surface area (Å²) in [4.78, 5) is 15.3. The summed E-state index contributed by atoms with van der Waals surface area (Å²) in [5.74, 6) is 0.537. The molecule has 0 aromatic heterocycles. The Morgan fingerprint density at radius 3 is 2.52 bits per heavy atom. The van der Waals surface area contributed by atoms with E-state index in [4.69, 9.17) is 4.74 Å². The number of likely N-dealkylation sites (tertiary alicyclic amines) is 1. The molecule has 0 saturated carbocycles. The molecule has 1 atom stereocenters. The Bertz CT molecular complexity index is 1190. The predicted octanol–water partition coefficient (Wildman–Crippen LogP) is 4.73. The van der Waals surface area contributed by atoms with E-state index in [9.17, 15) is 13.2 Å². The van der Waals surface area contributed by atoms with Gasteiger partial charge in [-0.1, -0.05) is 36.4 Å². The summed E-state index contributed by atoms with van der Waals surface area (Å²) in [6.45, 7) is 3.08. The van der Waals surface area contributed by atoms with E-state index in [0.29, 0.717) is 30.2 Å². The van der Waals surface area contributed by atoms with Crippen molar-refractivity contribution in [3.05, 3.63) is 90.0 Å².